The number of esters is 1. The summed E-state index contributed by atoms with van der Waals surface area (Å²) in [4.78, 5) is 52.4. The largest absolute Gasteiger partial charge is 0.507 e. The smallest absolute Gasteiger partial charge is 0.408 e. The number of phenolic OH excluding ortho intramolecular Hbond substituents is 1. The van der Waals surface area contributed by atoms with Crippen LogP contribution in [-0.2, 0) is 23.9 Å². The van der Waals surface area contributed by atoms with E-state index in [2.05, 4.69) is 28.0 Å². The van der Waals surface area contributed by atoms with Crippen molar-refractivity contribution in [1.29, 1.82) is 0 Å². The zero-order chi connectivity index (χ0) is 26.9. The van der Waals surface area contributed by atoms with Gasteiger partial charge in [-0.1, -0.05) is 25.1 Å². The first-order chi connectivity index (χ1) is 16.3. The first-order valence-corrected chi connectivity index (χ1v) is 12.0. The molecule has 0 fully saturated rings. The summed E-state index contributed by atoms with van der Waals surface area (Å²) in [5, 5.41) is 15.8. The number of carbonyl (C=O) groups excluding carboxylic acids is 4. The minimum absolute atomic E-state index is 0.0681. The standard InChI is InChI=1S/C24H37N3O7S/c1-8-15(3)27(22(31)17(13-35)26-23(32)34-24(4,5)6)19(21(30)25-12-18(28)33-7)16-11-9-10-14(2)20(16)29/h9-11,15,17,19,29,35H,8,12-13H2,1-7H3,(H,25,30)(H,26,32). The number of carbonyl (C=O) groups is 4. The second-order valence-corrected chi connectivity index (χ2v) is 9.46. The molecule has 3 atom stereocenters. The monoisotopic (exact) mass is 511 g/mol. The van der Waals surface area contributed by atoms with E-state index >= 15 is 0 Å². The van der Waals surface area contributed by atoms with Gasteiger partial charge in [0.1, 0.15) is 30.0 Å². The van der Waals surface area contributed by atoms with Crippen LogP contribution in [0.1, 0.15) is 58.2 Å². The Morgan fingerprint density at radius 2 is 1.83 bits per heavy atom. The molecule has 35 heavy (non-hydrogen) atoms. The molecule has 0 aromatic heterocycles. The molecule has 0 aliphatic carbocycles. The van der Waals surface area contributed by atoms with E-state index in [9.17, 15) is 24.3 Å². The van der Waals surface area contributed by atoms with Gasteiger partial charge in [0, 0.05) is 17.4 Å². The maximum Gasteiger partial charge on any atom is 0.408 e. The zero-order valence-corrected chi connectivity index (χ0v) is 22.3. The number of hydrogen-bond donors (Lipinski definition) is 4. The number of nitrogens with zero attached hydrogens (tertiary/aromatic N) is 1. The number of aromatic hydroxyl groups is 1. The molecule has 196 valence electrons. The van der Waals surface area contributed by atoms with Crippen molar-refractivity contribution < 1.29 is 33.8 Å². The number of phenols is 1. The first-order valence-electron chi connectivity index (χ1n) is 11.3. The molecule has 1 rings (SSSR count). The molecule has 0 saturated heterocycles. The Hall–Kier alpha value is -2.95. The number of nitrogens with one attached hydrogen (secondary N) is 2. The molecule has 3 amide bonds. The van der Waals surface area contributed by atoms with E-state index in [0.29, 0.717) is 12.0 Å². The number of amides is 3. The lowest BCUT2D eigenvalue weighted by Crippen LogP contribution is -2.56. The van der Waals surface area contributed by atoms with Crippen LogP contribution in [0.25, 0.3) is 0 Å². The number of alkyl carbamates (subject to hydrolysis) is 1. The zero-order valence-electron chi connectivity index (χ0n) is 21.4. The molecule has 0 aliphatic rings. The third-order valence-corrected chi connectivity index (χ3v) is 5.58. The number of thiol groups is 1. The predicted molar refractivity (Wildman–Crippen MR) is 134 cm³/mol. The number of aryl methyl sites for hydroxylation is 1. The fourth-order valence-electron chi connectivity index (χ4n) is 3.26. The van der Waals surface area contributed by atoms with Gasteiger partial charge in [-0.2, -0.15) is 12.6 Å². The SMILES string of the molecule is CCC(C)N(C(=O)C(CS)NC(=O)OC(C)(C)C)C(C(=O)NCC(=O)OC)c1cccc(C)c1O. The summed E-state index contributed by atoms with van der Waals surface area (Å²) < 4.78 is 9.86. The van der Waals surface area contributed by atoms with Gasteiger partial charge in [-0.3, -0.25) is 14.4 Å². The summed E-state index contributed by atoms with van der Waals surface area (Å²) in [7, 11) is 1.19. The number of para-hydroxylation sites is 1. The van der Waals surface area contributed by atoms with Crippen molar-refractivity contribution in [3.05, 3.63) is 29.3 Å². The molecule has 0 aliphatic heterocycles. The highest BCUT2D eigenvalue weighted by Gasteiger charge is 2.39. The molecular formula is C24H37N3O7S. The molecule has 11 heteroatoms. The predicted octanol–water partition coefficient (Wildman–Crippen LogP) is 2.48. The minimum atomic E-state index is -1.30. The molecule has 10 nitrogen and oxygen atoms in total. The van der Waals surface area contributed by atoms with Crippen LogP contribution in [0.5, 0.6) is 5.75 Å². The highest BCUT2D eigenvalue weighted by atomic mass is 32.1. The maximum atomic E-state index is 13.7. The van der Waals surface area contributed by atoms with Crippen LogP contribution in [-0.4, -0.2) is 71.0 Å². The second-order valence-electron chi connectivity index (χ2n) is 9.09. The van der Waals surface area contributed by atoms with E-state index in [-0.39, 0.29) is 17.1 Å². The van der Waals surface area contributed by atoms with E-state index in [0.717, 1.165) is 0 Å². The topological polar surface area (TPSA) is 134 Å². The third kappa shape index (κ3) is 8.65. The molecule has 0 saturated carbocycles. The minimum Gasteiger partial charge on any atom is -0.507 e. The second kappa shape index (κ2) is 13.2. The summed E-state index contributed by atoms with van der Waals surface area (Å²) in [5.41, 5.74) is -0.104. The Kier molecular flexibility index (Phi) is 11.4. The molecule has 0 bridgehead atoms. The first kappa shape index (κ1) is 30.1. The van der Waals surface area contributed by atoms with Crippen molar-refractivity contribution in [1.82, 2.24) is 15.5 Å². The van der Waals surface area contributed by atoms with Crippen LogP contribution in [0.15, 0.2) is 18.2 Å². The van der Waals surface area contributed by atoms with E-state index in [1.807, 2.05) is 6.92 Å². The number of benzene rings is 1. The van der Waals surface area contributed by atoms with E-state index in [1.54, 1.807) is 46.8 Å². The lowest BCUT2D eigenvalue weighted by molar-refractivity contribution is -0.146. The van der Waals surface area contributed by atoms with E-state index in [1.165, 1.54) is 18.1 Å². The van der Waals surface area contributed by atoms with Crippen molar-refractivity contribution in [2.24, 2.45) is 0 Å². The normalized spacial score (nSPS) is 13.7. The molecule has 0 spiro atoms. The van der Waals surface area contributed by atoms with Crippen LogP contribution in [0.2, 0.25) is 0 Å². The molecular weight excluding hydrogens is 474 g/mol. The van der Waals surface area contributed by atoms with Gasteiger partial charge in [0.2, 0.25) is 11.8 Å². The fraction of sp³-hybridized carbons (Fsp3) is 0.583. The van der Waals surface area contributed by atoms with Crippen molar-refractivity contribution >= 4 is 36.5 Å². The molecule has 1 aromatic rings. The van der Waals surface area contributed by atoms with Gasteiger partial charge >= 0.3 is 12.1 Å². The van der Waals surface area contributed by atoms with E-state index in [4.69, 9.17) is 4.74 Å². The van der Waals surface area contributed by atoms with Crippen LogP contribution >= 0.6 is 12.6 Å². The van der Waals surface area contributed by atoms with Gasteiger partial charge in [-0.25, -0.2) is 4.79 Å². The number of rotatable bonds is 10. The molecule has 0 heterocycles. The lowest BCUT2D eigenvalue weighted by Gasteiger charge is -2.38. The van der Waals surface area contributed by atoms with Gasteiger partial charge < -0.3 is 30.1 Å². The highest BCUT2D eigenvalue weighted by molar-refractivity contribution is 7.80. The summed E-state index contributed by atoms with van der Waals surface area (Å²) in [6.45, 7) is 9.90. The molecule has 1 aromatic carbocycles. The Balaban J connectivity index is 3.51. The third-order valence-electron chi connectivity index (χ3n) is 5.22. The van der Waals surface area contributed by atoms with Crippen molar-refractivity contribution in [2.75, 3.05) is 19.4 Å². The number of ether oxygens (including phenoxy) is 2. The van der Waals surface area contributed by atoms with Gasteiger partial charge in [-0.05, 0) is 46.6 Å². The van der Waals surface area contributed by atoms with Gasteiger partial charge in [0.25, 0.3) is 0 Å². The van der Waals surface area contributed by atoms with Gasteiger partial charge in [0.05, 0.1) is 7.11 Å². The van der Waals surface area contributed by atoms with Gasteiger partial charge in [0.15, 0.2) is 0 Å². The average Bonchev–Trinajstić information content (AvgIpc) is 2.79. The molecule has 3 unspecified atom stereocenters. The lowest BCUT2D eigenvalue weighted by atomic mass is 9.97. The Labute approximate surface area is 212 Å². The summed E-state index contributed by atoms with van der Waals surface area (Å²) in [5.74, 6) is -2.19. The Morgan fingerprint density at radius 3 is 2.34 bits per heavy atom. The van der Waals surface area contributed by atoms with Crippen molar-refractivity contribution in [3.63, 3.8) is 0 Å². The maximum absolute atomic E-state index is 13.7. The average molecular weight is 512 g/mol. The fourth-order valence-corrected chi connectivity index (χ4v) is 3.51. The summed E-state index contributed by atoms with van der Waals surface area (Å²) in [6.07, 6.45) is -0.343. The number of methoxy groups -OCH3 is 1. The molecule has 3 N–H and O–H groups in total. The Bertz CT molecular complexity index is 917. The van der Waals surface area contributed by atoms with Gasteiger partial charge in [-0.15, -0.1) is 0 Å². The van der Waals surface area contributed by atoms with E-state index < -0.39 is 54.1 Å². The van der Waals surface area contributed by atoms with Crippen LogP contribution < -0.4 is 10.6 Å². The van der Waals surface area contributed by atoms with Crippen LogP contribution in [0.3, 0.4) is 0 Å². The number of hydrogen-bond acceptors (Lipinski definition) is 8. The Morgan fingerprint density at radius 1 is 1.20 bits per heavy atom. The van der Waals surface area contributed by atoms with Crippen LogP contribution in [0.4, 0.5) is 4.79 Å². The summed E-state index contributed by atoms with van der Waals surface area (Å²) in [6, 6.07) is 1.94. The van der Waals surface area contributed by atoms with Crippen LogP contribution in [0, 0.1) is 6.92 Å². The van der Waals surface area contributed by atoms with Crippen molar-refractivity contribution in [3.8, 4) is 5.75 Å². The molecule has 0 radical (unpaired) electrons. The highest BCUT2D eigenvalue weighted by Crippen LogP contribution is 2.34. The summed E-state index contributed by atoms with van der Waals surface area (Å²) >= 11 is 4.23. The quantitative estimate of drug-likeness (QED) is 0.280. The van der Waals surface area contributed by atoms with Crippen molar-refractivity contribution in [2.45, 2.75) is 71.7 Å².